The summed E-state index contributed by atoms with van der Waals surface area (Å²) in [4.78, 5) is 43.0. The van der Waals surface area contributed by atoms with Crippen LogP contribution in [0.4, 0.5) is 5.00 Å². The van der Waals surface area contributed by atoms with Gasteiger partial charge in [0, 0.05) is 10.9 Å². The molecule has 7 nitrogen and oxygen atoms in total. The molecule has 0 saturated heterocycles. The van der Waals surface area contributed by atoms with E-state index in [1.165, 1.54) is 0 Å². The van der Waals surface area contributed by atoms with Crippen LogP contribution in [0, 0.1) is 20.8 Å². The van der Waals surface area contributed by atoms with E-state index >= 15 is 0 Å². The van der Waals surface area contributed by atoms with Gasteiger partial charge in [-0.2, -0.15) is 0 Å². The molecule has 2 aromatic carbocycles. The smallest absolute Gasteiger partial charge is 0.341 e. The van der Waals surface area contributed by atoms with Gasteiger partial charge in [0.2, 0.25) is 0 Å². The second-order valence-corrected chi connectivity index (χ2v) is 9.19. The van der Waals surface area contributed by atoms with Crippen LogP contribution in [0.1, 0.15) is 54.0 Å². The topological polar surface area (TPSA) is 111 Å². The van der Waals surface area contributed by atoms with E-state index in [0.29, 0.717) is 27.7 Å². The van der Waals surface area contributed by atoms with Crippen LogP contribution in [-0.2, 0) is 4.74 Å². The molecule has 4 rings (SSSR count). The highest BCUT2D eigenvalue weighted by Crippen LogP contribution is 2.35. The molecule has 178 valence electrons. The maximum Gasteiger partial charge on any atom is 0.341 e. The van der Waals surface area contributed by atoms with Gasteiger partial charge in [-0.25, -0.2) is 9.78 Å². The summed E-state index contributed by atoms with van der Waals surface area (Å²) in [6.07, 6.45) is 0. The highest BCUT2D eigenvalue weighted by molar-refractivity contribution is 7.18. The minimum absolute atomic E-state index is 0.131. The first-order chi connectivity index (χ1) is 16.7. The van der Waals surface area contributed by atoms with E-state index in [1.807, 2.05) is 56.3 Å². The van der Waals surface area contributed by atoms with Gasteiger partial charge in [0.05, 0.1) is 33.8 Å². The third kappa shape index (κ3) is 4.65. The maximum absolute atomic E-state index is 13.6. The van der Waals surface area contributed by atoms with Crippen molar-refractivity contribution in [3.8, 4) is 11.3 Å². The minimum atomic E-state index is -0.676. The van der Waals surface area contributed by atoms with E-state index in [9.17, 15) is 14.4 Å². The average molecular weight is 488 g/mol. The van der Waals surface area contributed by atoms with Gasteiger partial charge in [-0.1, -0.05) is 30.3 Å². The number of pyridine rings is 1. The summed E-state index contributed by atoms with van der Waals surface area (Å²) in [6, 6.07) is 15.1. The van der Waals surface area contributed by atoms with Gasteiger partial charge >= 0.3 is 5.97 Å². The van der Waals surface area contributed by atoms with Crippen molar-refractivity contribution >= 4 is 45.0 Å². The molecule has 2 heterocycles. The quantitative estimate of drug-likeness (QED) is 0.353. The second-order valence-electron chi connectivity index (χ2n) is 8.17. The van der Waals surface area contributed by atoms with Crippen molar-refractivity contribution < 1.29 is 19.1 Å². The molecule has 0 bridgehead atoms. The number of carbonyl (C=O) groups excluding carboxylic acids is 3. The molecule has 0 saturated carbocycles. The van der Waals surface area contributed by atoms with Crippen molar-refractivity contribution in [2.24, 2.45) is 5.73 Å². The number of hydrogen-bond donors (Lipinski definition) is 2. The van der Waals surface area contributed by atoms with Crippen LogP contribution in [-0.4, -0.2) is 29.4 Å². The number of carbonyl (C=O) groups is 3. The number of nitrogens with one attached hydrogen (secondary N) is 1. The van der Waals surface area contributed by atoms with Gasteiger partial charge in [-0.05, 0) is 62.6 Å². The lowest BCUT2D eigenvalue weighted by Gasteiger charge is -2.12. The van der Waals surface area contributed by atoms with Gasteiger partial charge in [0.1, 0.15) is 5.00 Å². The maximum atomic E-state index is 13.6. The number of thiophene rings is 1. The first kappa shape index (κ1) is 24.1. The van der Waals surface area contributed by atoms with Crippen molar-refractivity contribution in [2.75, 3.05) is 11.9 Å². The Balaban J connectivity index is 1.82. The monoisotopic (exact) mass is 487 g/mol. The Morgan fingerprint density at radius 3 is 2.46 bits per heavy atom. The van der Waals surface area contributed by atoms with Crippen LogP contribution < -0.4 is 11.1 Å². The van der Waals surface area contributed by atoms with Crippen LogP contribution in [0.3, 0.4) is 0 Å². The Kier molecular flexibility index (Phi) is 6.66. The molecule has 0 aliphatic rings. The molecule has 8 heteroatoms. The molecule has 0 spiro atoms. The Bertz CT molecular complexity index is 1490. The number of aryl methyl sites for hydroxylation is 2. The van der Waals surface area contributed by atoms with Crippen molar-refractivity contribution in [3.05, 3.63) is 81.2 Å². The minimum Gasteiger partial charge on any atom is -0.462 e. The van der Waals surface area contributed by atoms with Gasteiger partial charge in [0.25, 0.3) is 11.8 Å². The lowest BCUT2D eigenvalue weighted by Crippen LogP contribution is -2.16. The number of primary amides is 1. The van der Waals surface area contributed by atoms with Crippen molar-refractivity contribution in [2.45, 2.75) is 27.7 Å². The zero-order valence-electron chi connectivity index (χ0n) is 19.9. The fraction of sp³-hybridized carbons (Fsp3) is 0.185. The highest BCUT2D eigenvalue weighted by Gasteiger charge is 2.26. The molecule has 3 N–H and O–H groups in total. The fourth-order valence-corrected chi connectivity index (χ4v) is 4.91. The van der Waals surface area contributed by atoms with Gasteiger partial charge in [-0.15, -0.1) is 11.3 Å². The number of benzene rings is 2. The molecule has 2 aromatic heterocycles. The molecule has 0 aliphatic carbocycles. The summed E-state index contributed by atoms with van der Waals surface area (Å²) < 4.78 is 5.15. The number of nitrogens with two attached hydrogens (primary N) is 1. The largest absolute Gasteiger partial charge is 0.462 e. The van der Waals surface area contributed by atoms with Crippen LogP contribution in [0.15, 0.2) is 48.5 Å². The van der Waals surface area contributed by atoms with Crippen LogP contribution in [0.25, 0.3) is 22.2 Å². The lowest BCUT2D eigenvalue weighted by molar-refractivity contribution is 0.0527. The van der Waals surface area contributed by atoms with E-state index in [4.69, 9.17) is 15.5 Å². The number of amides is 2. The summed E-state index contributed by atoms with van der Waals surface area (Å²) in [5, 5.41) is 3.70. The highest BCUT2D eigenvalue weighted by atomic mass is 32.1. The average Bonchev–Trinajstić information content (AvgIpc) is 3.16. The zero-order valence-corrected chi connectivity index (χ0v) is 20.7. The summed E-state index contributed by atoms with van der Waals surface area (Å²) in [7, 11) is 0. The number of anilines is 1. The molecular formula is C27H25N3O4S. The summed E-state index contributed by atoms with van der Waals surface area (Å²) in [5.41, 5.74) is 10.9. The van der Waals surface area contributed by atoms with Gasteiger partial charge in [-0.3, -0.25) is 9.59 Å². The molecule has 4 aromatic rings. The molecule has 0 aliphatic heterocycles. The molecule has 0 unspecified atom stereocenters. The van der Waals surface area contributed by atoms with Gasteiger partial charge in [0.15, 0.2) is 0 Å². The van der Waals surface area contributed by atoms with Crippen molar-refractivity contribution in [1.29, 1.82) is 0 Å². The van der Waals surface area contributed by atoms with Crippen molar-refractivity contribution in [1.82, 2.24) is 4.98 Å². The van der Waals surface area contributed by atoms with E-state index in [1.54, 1.807) is 19.9 Å². The number of esters is 1. The number of para-hydroxylation sites is 1. The number of fused-ring (bicyclic) bond motifs is 1. The Morgan fingerprint density at radius 2 is 1.77 bits per heavy atom. The first-order valence-electron chi connectivity index (χ1n) is 11.1. The molecule has 2 amide bonds. The predicted molar refractivity (Wildman–Crippen MR) is 138 cm³/mol. The van der Waals surface area contributed by atoms with Crippen LogP contribution in [0.5, 0.6) is 0 Å². The van der Waals surface area contributed by atoms with Crippen LogP contribution in [0.2, 0.25) is 0 Å². The number of rotatable bonds is 6. The summed E-state index contributed by atoms with van der Waals surface area (Å²) in [6.45, 7) is 7.51. The SMILES string of the molecule is CCOC(=O)c1c(NC(=O)c2cc(-c3ccc(C)c(C)c3)nc3ccccc23)sc(C(N)=O)c1C. The summed E-state index contributed by atoms with van der Waals surface area (Å²) >= 11 is 0.958. The first-order valence-corrected chi connectivity index (χ1v) is 11.9. The molecule has 0 atom stereocenters. The standard InChI is InChI=1S/C27H25N3O4S/c1-5-34-27(33)22-16(4)23(24(28)31)35-26(22)30-25(32)19-13-21(17-11-10-14(2)15(3)12-17)29-20-9-7-6-8-18(19)20/h6-13H,5H2,1-4H3,(H2,28,31)(H,30,32). The van der Waals surface area contributed by atoms with E-state index in [0.717, 1.165) is 28.0 Å². The third-order valence-corrected chi connectivity index (χ3v) is 7.06. The third-order valence-electron chi connectivity index (χ3n) is 5.84. The fourth-order valence-electron chi connectivity index (χ4n) is 3.87. The predicted octanol–water partition coefficient (Wildman–Crippen LogP) is 5.42. The van der Waals surface area contributed by atoms with Crippen LogP contribution >= 0.6 is 11.3 Å². The van der Waals surface area contributed by atoms with E-state index < -0.39 is 17.8 Å². The summed E-state index contributed by atoms with van der Waals surface area (Å²) in [5.74, 6) is -1.74. The zero-order chi connectivity index (χ0) is 25.3. The number of hydrogen-bond acceptors (Lipinski definition) is 6. The number of ether oxygens (including phenoxy) is 1. The molecule has 35 heavy (non-hydrogen) atoms. The van der Waals surface area contributed by atoms with Crippen molar-refractivity contribution in [3.63, 3.8) is 0 Å². The second kappa shape index (κ2) is 9.68. The number of nitrogens with zero attached hydrogens (tertiary/aromatic N) is 1. The Labute approximate surface area is 206 Å². The normalized spacial score (nSPS) is 10.9. The van der Waals surface area contributed by atoms with E-state index in [2.05, 4.69) is 5.32 Å². The molecular weight excluding hydrogens is 462 g/mol. The molecule has 0 radical (unpaired) electrons. The lowest BCUT2D eigenvalue weighted by atomic mass is 10.0. The Hall–Kier alpha value is -4.04. The molecule has 0 fully saturated rings. The van der Waals surface area contributed by atoms with E-state index in [-0.39, 0.29) is 22.0 Å². The number of aromatic nitrogens is 1. The van der Waals surface area contributed by atoms with Gasteiger partial charge < -0.3 is 15.8 Å². The Morgan fingerprint density at radius 1 is 1.03 bits per heavy atom.